The molecule has 0 aromatic carbocycles. The Morgan fingerprint density at radius 1 is 1.55 bits per heavy atom. The Bertz CT molecular complexity index is 141. The smallest absolute Gasteiger partial charge is 0.0620 e. The van der Waals surface area contributed by atoms with Gasteiger partial charge in [0.2, 0.25) is 0 Å². The van der Waals surface area contributed by atoms with Crippen LogP contribution in [0.5, 0.6) is 0 Å². The van der Waals surface area contributed by atoms with Crippen molar-refractivity contribution in [3.05, 3.63) is 0 Å². The van der Waals surface area contributed by atoms with Gasteiger partial charge < -0.3 is 10.1 Å². The molecule has 1 atom stereocenters. The van der Waals surface area contributed by atoms with E-state index < -0.39 is 0 Å². The van der Waals surface area contributed by atoms with Gasteiger partial charge in [0.1, 0.15) is 0 Å². The van der Waals surface area contributed by atoms with Crippen molar-refractivity contribution < 1.29 is 4.74 Å². The highest BCUT2D eigenvalue weighted by atomic mass is 35.5. The predicted octanol–water partition coefficient (Wildman–Crippen LogP) is 1.14. The fraction of sp³-hybridized carbons (Fsp3) is 1.00. The third-order valence-corrected chi connectivity index (χ3v) is 3.06. The summed E-state index contributed by atoms with van der Waals surface area (Å²) in [7, 11) is 0. The van der Waals surface area contributed by atoms with E-state index in [0.29, 0.717) is 11.6 Å². The molecule has 1 saturated carbocycles. The SMILES string of the molecule is ClCC1(NC2CCOC2)CC1. The van der Waals surface area contributed by atoms with Crippen LogP contribution in [-0.4, -0.2) is 30.7 Å². The van der Waals surface area contributed by atoms with Crippen LogP contribution < -0.4 is 5.32 Å². The quantitative estimate of drug-likeness (QED) is 0.650. The molecule has 1 aliphatic carbocycles. The molecule has 1 heterocycles. The molecule has 0 aromatic heterocycles. The summed E-state index contributed by atoms with van der Waals surface area (Å²) < 4.78 is 5.27. The van der Waals surface area contributed by atoms with Gasteiger partial charge in [0, 0.05) is 24.1 Å². The second-order valence-corrected chi connectivity index (χ2v) is 3.89. The largest absolute Gasteiger partial charge is 0.380 e. The summed E-state index contributed by atoms with van der Waals surface area (Å²) >= 11 is 5.83. The molecule has 11 heavy (non-hydrogen) atoms. The lowest BCUT2D eigenvalue weighted by atomic mass is 10.2. The van der Waals surface area contributed by atoms with Crippen molar-refractivity contribution >= 4 is 11.6 Å². The normalized spacial score (nSPS) is 34.1. The average molecular weight is 176 g/mol. The minimum atomic E-state index is 0.292. The number of rotatable bonds is 3. The molecular weight excluding hydrogens is 162 g/mol. The van der Waals surface area contributed by atoms with Crippen LogP contribution in [0.4, 0.5) is 0 Å². The van der Waals surface area contributed by atoms with Crippen LogP contribution in [0.3, 0.4) is 0 Å². The molecule has 0 radical (unpaired) electrons. The number of hydrogen-bond acceptors (Lipinski definition) is 2. The van der Waals surface area contributed by atoms with Gasteiger partial charge in [-0.3, -0.25) is 0 Å². The molecule has 0 aromatic rings. The molecule has 2 fully saturated rings. The number of hydrogen-bond donors (Lipinski definition) is 1. The van der Waals surface area contributed by atoms with Gasteiger partial charge in [-0.15, -0.1) is 11.6 Å². The fourth-order valence-corrected chi connectivity index (χ4v) is 1.89. The van der Waals surface area contributed by atoms with E-state index in [2.05, 4.69) is 5.32 Å². The van der Waals surface area contributed by atoms with Crippen molar-refractivity contribution in [2.45, 2.75) is 30.8 Å². The molecule has 64 valence electrons. The van der Waals surface area contributed by atoms with E-state index in [1.54, 1.807) is 0 Å². The van der Waals surface area contributed by atoms with Gasteiger partial charge in [0.15, 0.2) is 0 Å². The zero-order valence-corrected chi connectivity index (χ0v) is 7.36. The first-order valence-electron chi connectivity index (χ1n) is 4.26. The van der Waals surface area contributed by atoms with Crippen LogP contribution in [0.25, 0.3) is 0 Å². The molecule has 2 rings (SSSR count). The van der Waals surface area contributed by atoms with Crippen molar-refractivity contribution in [3.8, 4) is 0 Å². The summed E-state index contributed by atoms with van der Waals surface area (Å²) in [5.41, 5.74) is 0.292. The molecule has 0 bridgehead atoms. The Hall–Kier alpha value is 0.210. The van der Waals surface area contributed by atoms with Crippen LogP contribution in [0.15, 0.2) is 0 Å². The van der Waals surface area contributed by atoms with E-state index in [9.17, 15) is 0 Å². The Morgan fingerprint density at radius 3 is 2.82 bits per heavy atom. The first-order chi connectivity index (χ1) is 5.35. The number of halogens is 1. The Kier molecular flexibility index (Phi) is 2.08. The third kappa shape index (κ3) is 1.68. The molecule has 0 spiro atoms. The fourth-order valence-electron chi connectivity index (χ4n) is 1.55. The van der Waals surface area contributed by atoms with Crippen LogP contribution in [0.1, 0.15) is 19.3 Å². The molecule has 1 unspecified atom stereocenters. The first-order valence-corrected chi connectivity index (χ1v) is 4.79. The van der Waals surface area contributed by atoms with E-state index in [1.165, 1.54) is 12.8 Å². The highest BCUT2D eigenvalue weighted by Crippen LogP contribution is 2.37. The van der Waals surface area contributed by atoms with Crippen LogP contribution in [0.2, 0.25) is 0 Å². The maximum absolute atomic E-state index is 5.83. The van der Waals surface area contributed by atoms with E-state index >= 15 is 0 Å². The standard InChI is InChI=1S/C8H14ClNO/c9-6-8(2-3-8)10-7-1-4-11-5-7/h7,10H,1-6H2. The van der Waals surface area contributed by atoms with Crippen molar-refractivity contribution in [2.24, 2.45) is 0 Å². The van der Waals surface area contributed by atoms with E-state index in [1.807, 2.05) is 0 Å². The van der Waals surface area contributed by atoms with Crippen molar-refractivity contribution in [1.29, 1.82) is 0 Å². The van der Waals surface area contributed by atoms with Gasteiger partial charge in [0.25, 0.3) is 0 Å². The van der Waals surface area contributed by atoms with Gasteiger partial charge in [-0.25, -0.2) is 0 Å². The summed E-state index contributed by atoms with van der Waals surface area (Å²) in [4.78, 5) is 0. The minimum Gasteiger partial charge on any atom is -0.380 e. The summed E-state index contributed by atoms with van der Waals surface area (Å²) in [6.07, 6.45) is 3.64. The molecule has 0 amide bonds. The third-order valence-electron chi connectivity index (χ3n) is 2.55. The van der Waals surface area contributed by atoms with Gasteiger partial charge in [-0.2, -0.15) is 0 Å². The summed E-state index contributed by atoms with van der Waals surface area (Å²) in [6, 6.07) is 0.566. The Labute approximate surface area is 72.2 Å². The van der Waals surface area contributed by atoms with Gasteiger partial charge in [0.05, 0.1) is 6.61 Å². The summed E-state index contributed by atoms with van der Waals surface area (Å²) in [5.74, 6) is 0.753. The molecule has 2 nitrogen and oxygen atoms in total. The zero-order chi connectivity index (χ0) is 7.73. The van der Waals surface area contributed by atoms with Crippen LogP contribution in [0, 0.1) is 0 Å². The maximum Gasteiger partial charge on any atom is 0.0620 e. The zero-order valence-electron chi connectivity index (χ0n) is 6.61. The lowest BCUT2D eigenvalue weighted by molar-refractivity contribution is 0.187. The topological polar surface area (TPSA) is 21.3 Å². The van der Waals surface area contributed by atoms with E-state index in [-0.39, 0.29) is 0 Å². The van der Waals surface area contributed by atoms with Crippen LogP contribution >= 0.6 is 11.6 Å². The van der Waals surface area contributed by atoms with Crippen LogP contribution in [-0.2, 0) is 4.74 Å². The number of nitrogens with one attached hydrogen (secondary N) is 1. The Balaban J connectivity index is 1.80. The number of alkyl halides is 1. The number of ether oxygens (including phenoxy) is 1. The molecule has 2 aliphatic rings. The minimum absolute atomic E-state index is 0.292. The lowest BCUT2D eigenvalue weighted by Crippen LogP contribution is -2.41. The lowest BCUT2D eigenvalue weighted by Gasteiger charge is -2.18. The van der Waals surface area contributed by atoms with Crippen molar-refractivity contribution in [3.63, 3.8) is 0 Å². The van der Waals surface area contributed by atoms with E-state index in [0.717, 1.165) is 25.5 Å². The van der Waals surface area contributed by atoms with E-state index in [4.69, 9.17) is 16.3 Å². The van der Waals surface area contributed by atoms with Crippen molar-refractivity contribution in [2.75, 3.05) is 19.1 Å². The molecule has 1 N–H and O–H groups in total. The monoisotopic (exact) mass is 175 g/mol. The molecular formula is C8H14ClNO. The van der Waals surface area contributed by atoms with Crippen molar-refractivity contribution in [1.82, 2.24) is 5.32 Å². The average Bonchev–Trinajstić information content (AvgIpc) is 2.59. The van der Waals surface area contributed by atoms with Gasteiger partial charge >= 0.3 is 0 Å². The molecule has 1 saturated heterocycles. The second kappa shape index (κ2) is 2.92. The van der Waals surface area contributed by atoms with Gasteiger partial charge in [-0.05, 0) is 19.3 Å². The second-order valence-electron chi connectivity index (χ2n) is 3.62. The highest BCUT2D eigenvalue weighted by Gasteiger charge is 2.43. The molecule has 3 heteroatoms. The first kappa shape index (κ1) is 7.84. The summed E-state index contributed by atoms with van der Waals surface area (Å²) in [6.45, 7) is 1.79. The maximum atomic E-state index is 5.83. The molecule has 1 aliphatic heterocycles. The Morgan fingerprint density at radius 2 is 2.36 bits per heavy atom. The summed E-state index contributed by atoms with van der Waals surface area (Å²) in [5, 5.41) is 3.56. The van der Waals surface area contributed by atoms with Gasteiger partial charge in [-0.1, -0.05) is 0 Å². The predicted molar refractivity (Wildman–Crippen MR) is 45.0 cm³/mol. The highest BCUT2D eigenvalue weighted by molar-refractivity contribution is 6.18.